The minimum atomic E-state index is -0.541. The fraction of sp³-hybridized carbons (Fsp3) is 0.478. The summed E-state index contributed by atoms with van der Waals surface area (Å²) in [4.78, 5) is 27.2. The number of amides is 2. The Balaban J connectivity index is 1.78. The Labute approximate surface area is 172 Å². The van der Waals surface area contributed by atoms with E-state index in [1.807, 2.05) is 50.1 Å². The van der Waals surface area contributed by atoms with Gasteiger partial charge in [0.2, 0.25) is 0 Å². The van der Waals surface area contributed by atoms with Crippen LogP contribution in [0.15, 0.2) is 31.0 Å². The number of aryl methyl sites for hydroxylation is 1. The first-order chi connectivity index (χ1) is 13.7. The zero-order valence-electron chi connectivity index (χ0n) is 17.8. The summed E-state index contributed by atoms with van der Waals surface area (Å²) in [5, 5.41) is 3.86. The number of hydrogen-bond acceptors (Lipinski definition) is 3. The smallest absolute Gasteiger partial charge is 0.407 e. The van der Waals surface area contributed by atoms with Crippen LogP contribution in [0.2, 0.25) is 0 Å². The Kier molecular flexibility index (Phi) is 6.01. The van der Waals surface area contributed by atoms with Crippen LogP contribution in [0, 0.1) is 0 Å². The predicted octanol–water partition coefficient (Wildman–Crippen LogP) is 4.43. The summed E-state index contributed by atoms with van der Waals surface area (Å²) in [7, 11) is 0. The Bertz CT molecular complexity index is 923. The molecule has 29 heavy (non-hydrogen) atoms. The molecule has 2 aromatic rings. The van der Waals surface area contributed by atoms with E-state index in [-0.39, 0.29) is 11.9 Å². The lowest BCUT2D eigenvalue weighted by Gasteiger charge is -2.33. The molecule has 0 saturated carbocycles. The van der Waals surface area contributed by atoms with Gasteiger partial charge in [0.1, 0.15) is 5.60 Å². The Hall–Kier alpha value is -2.76. The summed E-state index contributed by atoms with van der Waals surface area (Å²) in [5.41, 5.74) is 2.23. The van der Waals surface area contributed by atoms with Gasteiger partial charge in [0, 0.05) is 42.8 Å². The Morgan fingerprint density at radius 1 is 1.34 bits per heavy atom. The second-order valence-electron chi connectivity index (χ2n) is 8.55. The minimum Gasteiger partial charge on any atom is -0.444 e. The van der Waals surface area contributed by atoms with Gasteiger partial charge in [0.05, 0.1) is 5.56 Å². The number of aromatic nitrogens is 1. The highest BCUT2D eigenvalue weighted by Crippen LogP contribution is 2.26. The third-order valence-corrected chi connectivity index (χ3v) is 5.14. The molecule has 2 heterocycles. The molecule has 6 heteroatoms. The van der Waals surface area contributed by atoms with Gasteiger partial charge in [-0.3, -0.25) is 4.79 Å². The quantitative estimate of drug-likeness (QED) is 0.830. The average molecular weight is 398 g/mol. The monoisotopic (exact) mass is 397 g/mol. The van der Waals surface area contributed by atoms with E-state index in [4.69, 9.17) is 4.74 Å². The number of benzene rings is 1. The first-order valence-electron chi connectivity index (χ1n) is 10.3. The van der Waals surface area contributed by atoms with Crippen LogP contribution in [0.1, 0.15) is 56.5 Å². The molecular weight excluding hydrogens is 366 g/mol. The summed E-state index contributed by atoms with van der Waals surface area (Å²) in [6, 6.07) is 5.93. The van der Waals surface area contributed by atoms with E-state index >= 15 is 0 Å². The molecular formula is C23H31N3O3. The number of carbonyl (C=O) groups is 2. The summed E-state index contributed by atoms with van der Waals surface area (Å²) in [6.45, 7) is 13.4. The van der Waals surface area contributed by atoms with Gasteiger partial charge < -0.3 is 19.5 Å². The maximum atomic E-state index is 13.3. The standard InChI is InChI=1S/C23H31N3O3/c1-6-16-10-11-18-19(15-25(7-2)20(18)13-16)21(27)26-12-8-9-17(14-26)24-22(28)29-23(3,4)5/h6,10-11,13,15,17H,1,7-9,12,14H2,2-5H3,(H,24,28)/t17-/m1/s1. The number of nitrogens with one attached hydrogen (secondary N) is 1. The average Bonchev–Trinajstić information content (AvgIpc) is 3.03. The van der Waals surface area contributed by atoms with Gasteiger partial charge in [-0.1, -0.05) is 24.8 Å². The van der Waals surface area contributed by atoms with Crippen LogP contribution in [0.3, 0.4) is 0 Å². The zero-order valence-corrected chi connectivity index (χ0v) is 17.8. The minimum absolute atomic E-state index is 0.00393. The van der Waals surface area contributed by atoms with Gasteiger partial charge in [-0.15, -0.1) is 0 Å². The van der Waals surface area contributed by atoms with Gasteiger partial charge in [-0.05, 0) is 52.2 Å². The number of hydrogen-bond donors (Lipinski definition) is 1. The van der Waals surface area contributed by atoms with Crippen LogP contribution in [0.25, 0.3) is 17.0 Å². The third kappa shape index (κ3) is 4.81. The molecule has 1 saturated heterocycles. The fourth-order valence-electron chi connectivity index (χ4n) is 3.79. The second-order valence-corrected chi connectivity index (χ2v) is 8.55. The van der Waals surface area contributed by atoms with E-state index < -0.39 is 11.7 Å². The van der Waals surface area contributed by atoms with Crippen molar-refractivity contribution in [3.63, 3.8) is 0 Å². The van der Waals surface area contributed by atoms with E-state index in [9.17, 15) is 9.59 Å². The number of ether oxygens (including phenoxy) is 1. The molecule has 1 atom stereocenters. The Morgan fingerprint density at radius 2 is 2.10 bits per heavy atom. The highest BCUT2D eigenvalue weighted by Gasteiger charge is 2.28. The fourth-order valence-corrected chi connectivity index (χ4v) is 3.79. The van der Waals surface area contributed by atoms with Crippen LogP contribution in [0.4, 0.5) is 4.79 Å². The van der Waals surface area contributed by atoms with Crippen molar-refractivity contribution in [3.05, 3.63) is 42.1 Å². The number of likely N-dealkylation sites (tertiary alicyclic amines) is 1. The lowest BCUT2D eigenvalue weighted by molar-refractivity contribution is 0.0452. The topological polar surface area (TPSA) is 63.6 Å². The molecule has 0 unspecified atom stereocenters. The normalized spacial score (nSPS) is 17.2. The molecule has 1 N–H and O–H groups in total. The summed E-state index contributed by atoms with van der Waals surface area (Å²) in [5.74, 6) is 0.00393. The van der Waals surface area contributed by atoms with Crippen molar-refractivity contribution in [1.29, 1.82) is 0 Å². The first-order valence-corrected chi connectivity index (χ1v) is 10.3. The highest BCUT2D eigenvalue weighted by atomic mass is 16.6. The van der Waals surface area contributed by atoms with E-state index in [1.54, 1.807) is 0 Å². The first kappa shape index (κ1) is 21.0. The van der Waals surface area contributed by atoms with Crippen molar-refractivity contribution in [2.75, 3.05) is 13.1 Å². The number of alkyl carbamates (subject to hydrolysis) is 1. The van der Waals surface area contributed by atoms with Crippen LogP contribution < -0.4 is 5.32 Å². The van der Waals surface area contributed by atoms with E-state index in [1.165, 1.54) is 0 Å². The van der Waals surface area contributed by atoms with E-state index in [0.29, 0.717) is 18.7 Å². The molecule has 0 bridgehead atoms. The van der Waals surface area contributed by atoms with Crippen molar-refractivity contribution >= 4 is 29.0 Å². The zero-order chi connectivity index (χ0) is 21.2. The van der Waals surface area contributed by atoms with Crippen molar-refractivity contribution in [2.24, 2.45) is 0 Å². The van der Waals surface area contributed by atoms with E-state index in [0.717, 1.165) is 35.9 Å². The molecule has 1 aliphatic heterocycles. The number of piperidine rings is 1. The molecule has 3 rings (SSSR count). The molecule has 1 fully saturated rings. The van der Waals surface area contributed by atoms with Gasteiger partial charge in [-0.2, -0.15) is 0 Å². The molecule has 1 aromatic carbocycles. The van der Waals surface area contributed by atoms with Crippen LogP contribution in [0.5, 0.6) is 0 Å². The maximum Gasteiger partial charge on any atom is 0.407 e. The van der Waals surface area contributed by atoms with Gasteiger partial charge >= 0.3 is 6.09 Å². The Morgan fingerprint density at radius 3 is 2.76 bits per heavy atom. The number of rotatable bonds is 4. The molecule has 0 aliphatic carbocycles. The SMILES string of the molecule is C=Cc1ccc2c(C(=O)N3CCC[C@@H](NC(=O)OC(C)(C)C)C3)cn(CC)c2c1. The van der Waals surface area contributed by atoms with Gasteiger partial charge in [0.25, 0.3) is 5.91 Å². The van der Waals surface area contributed by atoms with Crippen LogP contribution >= 0.6 is 0 Å². The lowest BCUT2D eigenvalue weighted by Crippen LogP contribution is -2.50. The number of nitrogens with zero attached hydrogens (tertiary/aromatic N) is 2. The van der Waals surface area contributed by atoms with Crippen molar-refractivity contribution in [2.45, 2.75) is 58.7 Å². The largest absolute Gasteiger partial charge is 0.444 e. The summed E-state index contributed by atoms with van der Waals surface area (Å²) >= 11 is 0. The molecule has 1 aliphatic rings. The predicted molar refractivity (Wildman–Crippen MR) is 116 cm³/mol. The number of carbonyl (C=O) groups excluding carboxylic acids is 2. The molecule has 6 nitrogen and oxygen atoms in total. The van der Waals surface area contributed by atoms with Gasteiger partial charge in [-0.25, -0.2) is 4.79 Å². The molecule has 0 radical (unpaired) electrons. The lowest BCUT2D eigenvalue weighted by atomic mass is 10.0. The molecule has 156 valence electrons. The van der Waals surface area contributed by atoms with E-state index in [2.05, 4.69) is 29.5 Å². The maximum absolute atomic E-state index is 13.3. The highest BCUT2D eigenvalue weighted by molar-refractivity contribution is 6.07. The second kappa shape index (κ2) is 8.31. The van der Waals surface area contributed by atoms with Crippen LogP contribution in [-0.4, -0.2) is 46.2 Å². The van der Waals surface area contributed by atoms with Crippen molar-refractivity contribution < 1.29 is 14.3 Å². The number of fused-ring (bicyclic) bond motifs is 1. The summed E-state index contributed by atoms with van der Waals surface area (Å²) in [6.07, 6.45) is 4.99. The molecule has 2 amide bonds. The molecule has 0 spiro atoms. The summed E-state index contributed by atoms with van der Waals surface area (Å²) < 4.78 is 7.45. The van der Waals surface area contributed by atoms with Crippen molar-refractivity contribution in [1.82, 2.24) is 14.8 Å². The third-order valence-electron chi connectivity index (χ3n) is 5.14. The van der Waals surface area contributed by atoms with Crippen molar-refractivity contribution in [3.8, 4) is 0 Å². The van der Waals surface area contributed by atoms with Gasteiger partial charge in [0.15, 0.2) is 0 Å². The van der Waals surface area contributed by atoms with Crippen LogP contribution in [-0.2, 0) is 11.3 Å². The molecule has 1 aromatic heterocycles.